The molecule has 1 aromatic carbocycles. The van der Waals surface area contributed by atoms with E-state index in [9.17, 15) is 8.78 Å². The number of nitrogens with zero attached hydrogens (tertiary/aromatic N) is 1. The molecular weight excluding hydrogens is 250 g/mol. The summed E-state index contributed by atoms with van der Waals surface area (Å²) < 4.78 is 31.2. The molecule has 1 rings (SSSR count). The van der Waals surface area contributed by atoms with Crippen molar-refractivity contribution in [3.63, 3.8) is 0 Å². The first-order chi connectivity index (χ1) is 8.84. The SMILES string of the molecule is CC(C)NC(C)(C#N)CCOc1cc(F)cc(F)c1. The third-order valence-electron chi connectivity index (χ3n) is 2.56. The Hall–Kier alpha value is -1.67. The molecule has 1 N–H and O–H groups in total. The lowest BCUT2D eigenvalue weighted by Crippen LogP contribution is -2.45. The Morgan fingerprint density at radius 3 is 2.37 bits per heavy atom. The van der Waals surface area contributed by atoms with Crippen molar-refractivity contribution in [2.75, 3.05) is 6.61 Å². The van der Waals surface area contributed by atoms with Gasteiger partial charge in [-0.3, -0.25) is 5.32 Å². The molecule has 3 nitrogen and oxygen atoms in total. The van der Waals surface area contributed by atoms with E-state index in [0.717, 1.165) is 18.2 Å². The van der Waals surface area contributed by atoms with Crippen LogP contribution in [0.5, 0.6) is 5.75 Å². The molecule has 19 heavy (non-hydrogen) atoms. The number of rotatable bonds is 6. The summed E-state index contributed by atoms with van der Waals surface area (Å²) in [5, 5.41) is 12.3. The van der Waals surface area contributed by atoms with Crippen LogP contribution in [-0.2, 0) is 0 Å². The number of halogens is 2. The van der Waals surface area contributed by atoms with E-state index in [-0.39, 0.29) is 18.4 Å². The van der Waals surface area contributed by atoms with Crippen molar-refractivity contribution in [2.24, 2.45) is 0 Å². The summed E-state index contributed by atoms with van der Waals surface area (Å²) in [6, 6.07) is 5.35. The van der Waals surface area contributed by atoms with Crippen LogP contribution in [0.2, 0.25) is 0 Å². The summed E-state index contributed by atoms with van der Waals surface area (Å²) >= 11 is 0. The third kappa shape index (κ3) is 5.23. The molecule has 0 heterocycles. The zero-order chi connectivity index (χ0) is 14.5. The van der Waals surface area contributed by atoms with Gasteiger partial charge in [0.15, 0.2) is 0 Å². The number of benzene rings is 1. The molecule has 0 aromatic heterocycles. The molecule has 0 radical (unpaired) electrons. The van der Waals surface area contributed by atoms with Gasteiger partial charge in [0.1, 0.15) is 22.9 Å². The molecule has 5 heteroatoms. The average Bonchev–Trinajstić information content (AvgIpc) is 2.26. The minimum Gasteiger partial charge on any atom is -0.493 e. The lowest BCUT2D eigenvalue weighted by Gasteiger charge is -2.25. The van der Waals surface area contributed by atoms with Crippen molar-refractivity contribution in [1.82, 2.24) is 5.32 Å². The molecule has 1 unspecified atom stereocenters. The van der Waals surface area contributed by atoms with E-state index in [4.69, 9.17) is 10.00 Å². The van der Waals surface area contributed by atoms with Crippen LogP contribution in [-0.4, -0.2) is 18.2 Å². The van der Waals surface area contributed by atoms with Gasteiger partial charge < -0.3 is 4.74 Å². The summed E-state index contributed by atoms with van der Waals surface area (Å²) in [6.45, 7) is 5.85. The molecule has 104 valence electrons. The Morgan fingerprint density at radius 2 is 1.89 bits per heavy atom. The summed E-state index contributed by atoms with van der Waals surface area (Å²) in [5.74, 6) is -1.24. The summed E-state index contributed by atoms with van der Waals surface area (Å²) in [6.07, 6.45) is 0.416. The number of hydrogen-bond donors (Lipinski definition) is 1. The first-order valence-corrected chi connectivity index (χ1v) is 6.12. The number of nitrogens with one attached hydrogen (secondary N) is 1. The highest BCUT2D eigenvalue weighted by atomic mass is 19.1. The van der Waals surface area contributed by atoms with Gasteiger partial charge in [-0.25, -0.2) is 8.78 Å². The highest BCUT2D eigenvalue weighted by Crippen LogP contribution is 2.17. The lowest BCUT2D eigenvalue weighted by molar-refractivity contribution is 0.258. The summed E-state index contributed by atoms with van der Waals surface area (Å²) in [7, 11) is 0. The van der Waals surface area contributed by atoms with Crippen molar-refractivity contribution in [1.29, 1.82) is 5.26 Å². The van der Waals surface area contributed by atoms with Gasteiger partial charge in [0.05, 0.1) is 12.7 Å². The van der Waals surface area contributed by atoms with E-state index in [2.05, 4.69) is 11.4 Å². The normalized spacial score (nSPS) is 13.9. The second-order valence-corrected chi connectivity index (χ2v) is 4.95. The van der Waals surface area contributed by atoms with E-state index >= 15 is 0 Å². The molecule has 0 aliphatic rings. The zero-order valence-corrected chi connectivity index (χ0v) is 11.3. The first kappa shape index (κ1) is 15.4. The van der Waals surface area contributed by atoms with Crippen molar-refractivity contribution in [3.05, 3.63) is 29.8 Å². The van der Waals surface area contributed by atoms with Gasteiger partial charge in [-0.1, -0.05) is 0 Å². The fraction of sp³-hybridized carbons (Fsp3) is 0.500. The van der Waals surface area contributed by atoms with E-state index in [1.807, 2.05) is 13.8 Å². The maximum atomic E-state index is 12.9. The van der Waals surface area contributed by atoms with Crippen LogP contribution in [0.15, 0.2) is 18.2 Å². The average molecular weight is 268 g/mol. The van der Waals surface area contributed by atoms with Gasteiger partial charge in [0.25, 0.3) is 0 Å². The number of hydrogen-bond acceptors (Lipinski definition) is 3. The summed E-state index contributed by atoms with van der Waals surface area (Å²) in [5.41, 5.74) is -0.722. The largest absolute Gasteiger partial charge is 0.493 e. The highest BCUT2D eigenvalue weighted by molar-refractivity contribution is 5.23. The van der Waals surface area contributed by atoms with Crippen LogP contribution >= 0.6 is 0 Å². The monoisotopic (exact) mass is 268 g/mol. The molecule has 0 bridgehead atoms. The molecular formula is C14H18F2N2O. The fourth-order valence-electron chi connectivity index (χ4n) is 1.78. The van der Waals surface area contributed by atoms with Crippen LogP contribution in [0.25, 0.3) is 0 Å². The first-order valence-electron chi connectivity index (χ1n) is 6.12. The number of ether oxygens (including phenoxy) is 1. The van der Waals surface area contributed by atoms with Crippen molar-refractivity contribution in [2.45, 2.75) is 38.8 Å². The maximum Gasteiger partial charge on any atom is 0.129 e. The topological polar surface area (TPSA) is 45.0 Å². The molecule has 1 aromatic rings. The molecule has 0 fully saturated rings. The van der Waals surface area contributed by atoms with Gasteiger partial charge >= 0.3 is 0 Å². The molecule has 0 amide bonds. The minimum absolute atomic E-state index is 0.127. The van der Waals surface area contributed by atoms with Gasteiger partial charge in [-0.2, -0.15) is 5.26 Å². The van der Waals surface area contributed by atoms with Crippen LogP contribution in [0.4, 0.5) is 8.78 Å². The Balaban J connectivity index is 2.55. The predicted octanol–water partition coefficient (Wildman–Crippen LogP) is 3.01. The van der Waals surface area contributed by atoms with Gasteiger partial charge in [-0.05, 0) is 20.8 Å². The molecule has 0 aliphatic heterocycles. The maximum absolute atomic E-state index is 12.9. The molecule has 0 spiro atoms. The van der Waals surface area contributed by atoms with Crippen molar-refractivity contribution in [3.8, 4) is 11.8 Å². The Bertz CT molecular complexity index is 451. The van der Waals surface area contributed by atoms with E-state index in [1.165, 1.54) is 0 Å². The molecule has 1 atom stereocenters. The molecule has 0 aliphatic carbocycles. The third-order valence-corrected chi connectivity index (χ3v) is 2.56. The fourth-order valence-corrected chi connectivity index (χ4v) is 1.78. The van der Waals surface area contributed by atoms with Crippen LogP contribution in [0.1, 0.15) is 27.2 Å². The smallest absolute Gasteiger partial charge is 0.129 e. The van der Waals surface area contributed by atoms with Gasteiger partial charge in [0.2, 0.25) is 0 Å². The van der Waals surface area contributed by atoms with Gasteiger partial charge in [0, 0.05) is 30.7 Å². The second kappa shape index (κ2) is 6.48. The lowest BCUT2D eigenvalue weighted by atomic mass is 9.99. The number of nitriles is 1. The predicted molar refractivity (Wildman–Crippen MR) is 68.8 cm³/mol. The Labute approximate surface area is 112 Å². The highest BCUT2D eigenvalue weighted by Gasteiger charge is 2.24. The van der Waals surface area contributed by atoms with Crippen LogP contribution in [0, 0.1) is 23.0 Å². The minimum atomic E-state index is -0.722. The van der Waals surface area contributed by atoms with Crippen molar-refractivity contribution < 1.29 is 13.5 Å². The summed E-state index contributed by atoms with van der Waals surface area (Å²) in [4.78, 5) is 0. The zero-order valence-electron chi connectivity index (χ0n) is 11.3. The van der Waals surface area contributed by atoms with E-state index in [1.54, 1.807) is 6.92 Å². The van der Waals surface area contributed by atoms with Crippen LogP contribution < -0.4 is 10.1 Å². The molecule has 0 saturated carbocycles. The van der Waals surface area contributed by atoms with Crippen molar-refractivity contribution >= 4 is 0 Å². The standard InChI is InChI=1S/C14H18F2N2O/c1-10(2)18-14(3,9-17)4-5-19-13-7-11(15)6-12(16)8-13/h6-8,10,18H,4-5H2,1-3H3. The van der Waals surface area contributed by atoms with Crippen LogP contribution in [0.3, 0.4) is 0 Å². The van der Waals surface area contributed by atoms with E-state index < -0.39 is 17.2 Å². The molecule has 0 saturated heterocycles. The quantitative estimate of drug-likeness (QED) is 0.862. The van der Waals surface area contributed by atoms with Gasteiger partial charge in [-0.15, -0.1) is 0 Å². The second-order valence-electron chi connectivity index (χ2n) is 4.95. The van der Waals surface area contributed by atoms with E-state index in [0.29, 0.717) is 6.42 Å². The Kier molecular flexibility index (Phi) is 5.25. The Morgan fingerprint density at radius 1 is 1.32 bits per heavy atom.